The van der Waals surface area contributed by atoms with Gasteiger partial charge in [0.25, 0.3) is 11.8 Å². The lowest BCUT2D eigenvalue weighted by Crippen LogP contribution is -2.18. The Labute approximate surface area is 163 Å². The largest absolute Gasteiger partial charge is 0.322 e. The second-order valence-electron chi connectivity index (χ2n) is 6.31. The molecule has 0 radical (unpaired) electrons. The summed E-state index contributed by atoms with van der Waals surface area (Å²) in [7, 11) is 0. The lowest BCUT2D eigenvalue weighted by Gasteiger charge is -2.07. The van der Waals surface area contributed by atoms with Gasteiger partial charge in [0.15, 0.2) is 0 Å². The molecule has 0 aliphatic rings. The average Bonchev–Trinajstić information content (AvgIpc) is 2.68. The van der Waals surface area contributed by atoms with Gasteiger partial charge in [0, 0.05) is 22.5 Å². The molecule has 28 heavy (non-hydrogen) atoms. The molecule has 0 aliphatic carbocycles. The molecule has 0 spiro atoms. The van der Waals surface area contributed by atoms with Crippen molar-refractivity contribution in [1.29, 1.82) is 0 Å². The third-order valence-corrected chi connectivity index (χ3v) is 3.94. The number of aromatic nitrogens is 1. The number of carbonyl (C=O) groups is 2. The van der Waals surface area contributed by atoms with E-state index < -0.39 is 0 Å². The molecule has 2 amide bonds. The second kappa shape index (κ2) is 8.73. The van der Waals surface area contributed by atoms with Crippen LogP contribution in [0.4, 0.5) is 5.69 Å². The standard InChI is InChI=1S/C22H20N4O2/c1-15-6-3-8-17(12-15)21(27)25-19-10-5-9-18(13-19)22(28)26-23-14-20-11-4-7-16(2)24-20/h3-14H,1-2H3,(H,25,27)(H,26,28). The lowest BCUT2D eigenvalue weighted by atomic mass is 10.1. The van der Waals surface area contributed by atoms with Crippen molar-refractivity contribution < 1.29 is 9.59 Å². The minimum atomic E-state index is -0.379. The van der Waals surface area contributed by atoms with Gasteiger partial charge in [-0.2, -0.15) is 5.10 Å². The van der Waals surface area contributed by atoms with Crippen LogP contribution >= 0.6 is 0 Å². The summed E-state index contributed by atoms with van der Waals surface area (Å²) in [5.41, 5.74) is 6.46. The van der Waals surface area contributed by atoms with Crippen molar-refractivity contribution in [2.45, 2.75) is 13.8 Å². The van der Waals surface area contributed by atoms with Gasteiger partial charge in [0.1, 0.15) is 0 Å². The molecular weight excluding hydrogens is 352 g/mol. The topological polar surface area (TPSA) is 83.5 Å². The summed E-state index contributed by atoms with van der Waals surface area (Å²) in [6.45, 7) is 3.81. The fourth-order valence-corrected chi connectivity index (χ4v) is 2.59. The molecular formula is C22H20N4O2. The fraction of sp³-hybridized carbons (Fsp3) is 0.0909. The molecule has 0 aliphatic heterocycles. The number of hydrogen-bond donors (Lipinski definition) is 2. The van der Waals surface area contributed by atoms with Crippen LogP contribution in [0.5, 0.6) is 0 Å². The maximum atomic E-state index is 12.4. The van der Waals surface area contributed by atoms with Crippen LogP contribution in [0, 0.1) is 13.8 Å². The van der Waals surface area contributed by atoms with E-state index in [-0.39, 0.29) is 11.8 Å². The van der Waals surface area contributed by atoms with Crippen LogP contribution in [-0.4, -0.2) is 23.0 Å². The number of nitrogens with one attached hydrogen (secondary N) is 2. The molecule has 0 unspecified atom stereocenters. The highest BCUT2D eigenvalue weighted by molar-refractivity contribution is 6.05. The predicted octanol–water partition coefficient (Wildman–Crippen LogP) is 3.71. The molecule has 6 heteroatoms. The summed E-state index contributed by atoms with van der Waals surface area (Å²) in [6, 6.07) is 19.5. The van der Waals surface area contributed by atoms with E-state index >= 15 is 0 Å². The van der Waals surface area contributed by atoms with Gasteiger partial charge in [-0.3, -0.25) is 14.6 Å². The molecule has 3 rings (SSSR count). The average molecular weight is 372 g/mol. The Kier molecular flexibility index (Phi) is 5.91. The number of hydrogen-bond acceptors (Lipinski definition) is 4. The Balaban J connectivity index is 1.65. The molecule has 2 N–H and O–H groups in total. The maximum absolute atomic E-state index is 12.4. The van der Waals surface area contributed by atoms with Gasteiger partial charge >= 0.3 is 0 Å². The van der Waals surface area contributed by atoms with Gasteiger partial charge in [-0.25, -0.2) is 5.43 Å². The Morgan fingerprint density at radius 1 is 0.893 bits per heavy atom. The van der Waals surface area contributed by atoms with Crippen molar-refractivity contribution in [2.24, 2.45) is 5.10 Å². The summed E-state index contributed by atoms with van der Waals surface area (Å²) in [5, 5.41) is 6.73. The summed E-state index contributed by atoms with van der Waals surface area (Å²) in [6.07, 6.45) is 1.48. The number of nitrogens with zero attached hydrogens (tertiary/aromatic N) is 2. The van der Waals surface area contributed by atoms with Crippen LogP contribution in [0.1, 0.15) is 37.7 Å². The lowest BCUT2D eigenvalue weighted by molar-refractivity contribution is 0.0953. The van der Waals surface area contributed by atoms with E-state index in [4.69, 9.17) is 0 Å². The summed E-state index contributed by atoms with van der Waals surface area (Å²) < 4.78 is 0. The first kappa shape index (κ1) is 19.0. The highest BCUT2D eigenvalue weighted by Crippen LogP contribution is 2.13. The van der Waals surface area contributed by atoms with Crippen LogP contribution in [-0.2, 0) is 0 Å². The highest BCUT2D eigenvalue weighted by atomic mass is 16.2. The van der Waals surface area contributed by atoms with Crippen LogP contribution in [0.25, 0.3) is 0 Å². The number of amides is 2. The van der Waals surface area contributed by atoms with Crippen molar-refractivity contribution in [3.63, 3.8) is 0 Å². The number of aryl methyl sites for hydroxylation is 2. The van der Waals surface area contributed by atoms with Gasteiger partial charge in [0.2, 0.25) is 0 Å². The molecule has 0 atom stereocenters. The van der Waals surface area contributed by atoms with E-state index in [0.717, 1.165) is 11.3 Å². The third kappa shape index (κ3) is 5.11. The first-order valence-electron chi connectivity index (χ1n) is 8.76. The predicted molar refractivity (Wildman–Crippen MR) is 110 cm³/mol. The molecule has 0 saturated heterocycles. The maximum Gasteiger partial charge on any atom is 0.271 e. The van der Waals surface area contributed by atoms with Crippen molar-refractivity contribution in [3.8, 4) is 0 Å². The molecule has 2 aromatic carbocycles. The van der Waals surface area contributed by atoms with Crippen LogP contribution in [0.3, 0.4) is 0 Å². The smallest absolute Gasteiger partial charge is 0.271 e. The normalized spacial score (nSPS) is 10.6. The van der Waals surface area contributed by atoms with Gasteiger partial charge in [0.05, 0.1) is 11.9 Å². The van der Waals surface area contributed by atoms with Crippen molar-refractivity contribution in [3.05, 3.63) is 94.8 Å². The van der Waals surface area contributed by atoms with E-state index in [0.29, 0.717) is 22.5 Å². The van der Waals surface area contributed by atoms with Crippen molar-refractivity contribution >= 4 is 23.7 Å². The van der Waals surface area contributed by atoms with Crippen LogP contribution in [0.2, 0.25) is 0 Å². The summed E-state index contributed by atoms with van der Waals surface area (Å²) in [4.78, 5) is 28.9. The third-order valence-electron chi connectivity index (χ3n) is 3.94. The Bertz CT molecular complexity index is 1040. The number of anilines is 1. The fourth-order valence-electron chi connectivity index (χ4n) is 2.59. The van der Waals surface area contributed by atoms with Gasteiger partial charge in [-0.1, -0.05) is 29.8 Å². The monoisotopic (exact) mass is 372 g/mol. The zero-order chi connectivity index (χ0) is 19.9. The molecule has 1 aromatic heterocycles. The first-order valence-corrected chi connectivity index (χ1v) is 8.76. The van der Waals surface area contributed by atoms with Gasteiger partial charge < -0.3 is 5.32 Å². The zero-order valence-electron chi connectivity index (χ0n) is 15.6. The minimum absolute atomic E-state index is 0.232. The van der Waals surface area contributed by atoms with E-state index in [9.17, 15) is 9.59 Å². The Morgan fingerprint density at radius 2 is 1.61 bits per heavy atom. The Hall–Kier alpha value is -3.80. The minimum Gasteiger partial charge on any atom is -0.322 e. The van der Waals surface area contributed by atoms with E-state index in [1.54, 1.807) is 42.5 Å². The molecule has 1 heterocycles. The molecule has 3 aromatic rings. The van der Waals surface area contributed by atoms with Crippen LogP contribution in [0.15, 0.2) is 71.8 Å². The zero-order valence-corrected chi connectivity index (χ0v) is 15.6. The van der Waals surface area contributed by atoms with Crippen LogP contribution < -0.4 is 10.7 Å². The second-order valence-corrected chi connectivity index (χ2v) is 6.31. The van der Waals surface area contributed by atoms with Gasteiger partial charge in [-0.15, -0.1) is 0 Å². The molecule has 0 bridgehead atoms. The molecule has 0 saturated carbocycles. The van der Waals surface area contributed by atoms with E-state index in [1.165, 1.54) is 6.21 Å². The SMILES string of the molecule is Cc1cccc(C(=O)Nc2cccc(C(=O)NN=Cc3cccc(C)n3)c2)c1. The number of hydrazone groups is 1. The first-order chi connectivity index (χ1) is 13.5. The van der Waals surface area contributed by atoms with E-state index in [2.05, 4.69) is 20.8 Å². The quantitative estimate of drug-likeness (QED) is 0.529. The van der Waals surface area contributed by atoms with Crippen molar-refractivity contribution in [2.75, 3.05) is 5.32 Å². The van der Waals surface area contributed by atoms with Crippen molar-refractivity contribution in [1.82, 2.24) is 10.4 Å². The van der Waals surface area contributed by atoms with E-state index in [1.807, 2.05) is 38.1 Å². The molecule has 140 valence electrons. The number of carbonyl (C=O) groups excluding carboxylic acids is 2. The molecule has 0 fully saturated rings. The Morgan fingerprint density at radius 3 is 2.36 bits per heavy atom. The number of rotatable bonds is 5. The van der Waals surface area contributed by atoms with Gasteiger partial charge in [-0.05, 0) is 56.3 Å². The summed E-state index contributed by atoms with van der Waals surface area (Å²) >= 11 is 0. The summed E-state index contributed by atoms with van der Waals surface area (Å²) in [5.74, 6) is -0.611. The number of benzene rings is 2. The number of pyridine rings is 1. The molecule has 6 nitrogen and oxygen atoms in total. The highest BCUT2D eigenvalue weighted by Gasteiger charge is 2.09.